The van der Waals surface area contributed by atoms with Gasteiger partial charge in [0.1, 0.15) is 0 Å². The third-order valence-electron chi connectivity index (χ3n) is 2.30. The largest absolute Gasteiger partial charge is 0.397 e. The standard InChI is InChI=1S/C12H10N2O2.C2H6O/c15-14(16)12-3-1-10(2-4-12)9-11-5-7-13-8-6-11;1-2-3/h1-8H,9H2;3H,2H2,1H3. The Kier molecular flexibility index (Phi) is 6.18. The van der Waals surface area contributed by atoms with Crippen molar-refractivity contribution >= 4 is 5.69 Å². The summed E-state index contributed by atoms with van der Waals surface area (Å²) in [6.07, 6.45) is 4.24. The zero-order valence-electron chi connectivity index (χ0n) is 10.7. The number of nitrogens with zero attached hydrogens (tertiary/aromatic N) is 2. The molecule has 100 valence electrons. The fraction of sp³-hybridized carbons (Fsp3) is 0.214. The van der Waals surface area contributed by atoms with Gasteiger partial charge in [-0.3, -0.25) is 15.1 Å². The lowest BCUT2D eigenvalue weighted by Crippen LogP contribution is -1.90. The van der Waals surface area contributed by atoms with E-state index in [1.54, 1.807) is 31.5 Å². The Morgan fingerprint density at radius 1 is 1.11 bits per heavy atom. The van der Waals surface area contributed by atoms with Crippen molar-refractivity contribution in [2.24, 2.45) is 0 Å². The van der Waals surface area contributed by atoms with E-state index < -0.39 is 4.92 Å². The Labute approximate surface area is 111 Å². The highest BCUT2D eigenvalue weighted by Crippen LogP contribution is 2.14. The maximum Gasteiger partial charge on any atom is 0.269 e. The van der Waals surface area contributed by atoms with Crippen LogP contribution < -0.4 is 0 Å². The van der Waals surface area contributed by atoms with Gasteiger partial charge in [0.25, 0.3) is 5.69 Å². The molecule has 0 saturated heterocycles. The minimum absolute atomic E-state index is 0.124. The first-order chi connectivity index (χ1) is 9.17. The van der Waals surface area contributed by atoms with Gasteiger partial charge in [-0.1, -0.05) is 12.1 Å². The van der Waals surface area contributed by atoms with E-state index in [4.69, 9.17) is 5.11 Å². The first kappa shape index (κ1) is 14.8. The molecule has 0 amide bonds. The normalized spacial score (nSPS) is 9.37. The first-order valence-electron chi connectivity index (χ1n) is 5.90. The first-order valence-corrected chi connectivity index (χ1v) is 5.90. The van der Waals surface area contributed by atoms with E-state index in [-0.39, 0.29) is 12.3 Å². The van der Waals surface area contributed by atoms with Gasteiger partial charge >= 0.3 is 0 Å². The molecular weight excluding hydrogens is 244 g/mol. The molecular formula is C14H16N2O3. The van der Waals surface area contributed by atoms with Crippen LogP contribution in [0.15, 0.2) is 48.8 Å². The van der Waals surface area contributed by atoms with Crippen LogP contribution in [0.4, 0.5) is 5.69 Å². The van der Waals surface area contributed by atoms with Gasteiger partial charge in [-0.25, -0.2) is 0 Å². The van der Waals surface area contributed by atoms with Crippen molar-refractivity contribution in [3.8, 4) is 0 Å². The van der Waals surface area contributed by atoms with Gasteiger partial charge in [0.15, 0.2) is 0 Å². The van der Waals surface area contributed by atoms with Crippen molar-refractivity contribution in [3.05, 3.63) is 70.0 Å². The molecule has 5 heteroatoms. The second-order valence-electron chi connectivity index (χ2n) is 3.77. The average Bonchev–Trinajstić information content (AvgIpc) is 2.41. The van der Waals surface area contributed by atoms with Crippen LogP contribution in [0.2, 0.25) is 0 Å². The molecule has 0 atom stereocenters. The summed E-state index contributed by atoms with van der Waals surface area (Å²) in [4.78, 5) is 14.0. The van der Waals surface area contributed by atoms with E-state index in [0.29, 0.717) is 0 Å². The monoisotopic (exact) mass is 260 g/mol. The average molecular weight is 260 g/mol. The van der Waals surface area contributed by atoms with Crippen molar-refractivity contribution in [2.75, 3.05) is 6.61 Å². The molecule has 0 aliphatic heterocycles. The lowest BCUT2D eigenvalue weighted by atomic mass is 10.1. The Morgan fingerprint density at radius 2 is 1.58 bits per heavy atom. The predicted octanol–water partition coefficient (Wildman–Crippen LogP) is 2.58. The number of non-ortho nitro benzene ring substituents is 1. The van der Waals surface area contributed by atoms with Crippen LogP contribution in [0, 0.1) is 10.1 Å². The van der Waals surface area contributed by atoms with Gasteiger partial charge in [-0.15, -0.1) is 0 Å². The van der Waals surface area contributed by atoms with Gasteiger partial charge in [-0.05, 0) is 36.6 Å². The highest BCUT2D eigenvalue weighted by molar-refractivity contribution is 5.35. The zero-order valence-corrected chi connectivity index (χ0v) is 10.7. The van der Waals surface area contributed by atoms with Gasteiger partial charge in [0.05, 0.1) is 4.92 Å². The Balaban J connectivity index is 0.000000550. The van der Waals surface area contributed by atoms with Crippen LogP contribution >= 0.6 is 0 Å². The summed E-state index contributed by atoms with van der Waals surface area (Å²) in [6.45, 7) is 1.93. The van der Waals surface area contributed by atoms with E-state index in [0.717, 1.165) is 17.5 Å². The molecule has 0 fully saturated rings. The number of pyridine rings is 1. The van der Waals surface area contributed by atoms with E-state index in [2.05, 4.69) is 4.98 Å². The fourth-order valence-corrected chi connectivity index (χ4v) is 1.47. The molecule has 0 aliphatic carbocycles. The molecule has 0 spiro atoms. The van der Waals surface area contributed by atoms with Crippen LogP contribution in [0.1, 0.15) is 18.1 Å². The number of aromatic nitrogens is 1. The van der Waals surface area contributed by atoms with Gasteiger partial charge in [-0.2, -0.15) is 0 Å². The molecule has 0 saturated carbocycles. The summed E-state index contributed by atoms with van der Waals surface area (Å²) in [5.41, 5.74) is 2.32. The number of aliphatic hydroxyl groups is 1. The number of benzene rings is 1. The second kappa shape index (κ2) is 7.94. The Morgan fingerprint density at radius 3 is 2.05 bits per heavy atom. The lowest BCUT2D eigenvalue weighted by Gasteiger charge is -2.00. The van der Waals surface area contributed by atoms with Crippen LogP contribution in [0.25, 0.3) is 0 Å². The van der Waals surface area contributed by atoms with E-state index in [1.807, 2.05) is 12.1 Å². The van der Waals surface area contributed by atoms with Gasteiger partial charge in [0, 0.05) is 31.1 Å². The molecule has 2 rings (SSSR count). The Hall–Kier alpha value is -2.27. The van der Waals surface area contributed by atoms with Crippen molar-refractivity contribution in [3.63, 3.8) is 0 Å². The molecule has 1 N–H and O–H groups in total. The maximum absolute atomic E-state index is 10.5. The van der Waals surface area contributed by atoms with Crippen LogP contribution in [-0.2, 0) is 6.42 Å². The molecule has 2 aromatic rings. The van der Waals surface area contributed by atoms with Crippen LogP contribution in [-0.4, -0.2) is 21.6 Å². The smallest absolute Gasteiger partial charge is 0.269 e. The molecule has 1 heterocycles. The van der Waals surface area contributed by atoms with E-state index in [1.165, 1.54) is 12.1 Å². The molecule has 0 radical (unpaired) electrons. The summed E-state index contributed by atoms with van der Waals surface area (Å²) < 4.78 is 0. The molecule has 1 aromatic carbocycles. The number of hydrogen-bond acceptors (Lipinski definition) is 4. The van der Waals surface area contributed by atoms with E-state index in [9.17, 15) is 10.1 Å². The fourth-order valence-electron chi connectivity index (χ4n) is 1.47. The lowest BCUT2D eigenvalue weighted by molar-refractivity contribution is -0.384. The summed E-state index contributed by atoms with van der Waals surface area (Å²) in [6, 6.07) is 10.5. The summed E-state index contributed by atoms with van der Waals surface area (Å²) in [5, 5.41) is 18.0. The second-order valence-corrected chi connectivity index (χ2v) is 3.77. The van der Waals surface area contributed by atoms with Gasteiger partial charge in [0.2, 0.25) is 0 Å². The molecule has 5 nitrogen and oxygen atoms in total. The zero-order chi connectivity index (χ0) is 14.1. The van der Waals surface area contributed by atoms with Crippen molar-refractivity contribution in [1.82, 2.24) is 4.98 Å². The summed E-state index contributed by atoms with van der Waals surface area (Å²) >= 11 is 0. The maximum atomic E-state index is 10.5. The minimum atomic E-state index is -0.393. The molecule has 0 bridgehead atoms. The number of rotatable bonds is 3. The van der Waals surface area contributed by atoms with Crippen LogP contribution in [0.5, 0.6) is 0 Å². The predicted molar refractivity (Wildman–Crippen MR) is 72.9 cm³/mol. The van der Waals surface area contributed by atoms with E-state index >= 15 is 0 Å². The Bertz CT molecular complexity index is 498. The van der Waals surface area contributed by atoms with Crippen molar-refractivity contribution in [1.29, 1.82) is 0 Å². The number of nitro benzene ring substituents is 1. The topological polar surface area (TPSA) is 76.3 Å². The SMILES string of the molecule is CCO.O=[N+]([O-])c1ccc(Cc2ccncc2)cc1. The minimum Gasteiger partial charge on any atom is -0.397 e. The highest BCUT2D eigenvalue weighted by Gasteiger charge is 2.03. The number of nitro groups is 1. The molecule has 0 unspecified atom stereocenters. The molecule has 1 aromatic heterocycles. The molecule has 19 heavy (non-hydrogen) atoms. The summed E-state index contributed by atoms with van der Waals surface area (Å²) in [5.74, 6) is 0. The van der Waals surface area contributed by atoms with Crippen molar-refractivity contribution in [2.45, 2.75) is 13.3 Å². The van der Waals surface area contributed by atoms with Gasteiger partial charge < -0.3 is 5.11 Å². The molecule has 0 aliphatic rings. The summed E-state index contributed by atoms with van der Waals surface area (Å²) in [7, 11) is 0. The third-order valence-corrected chi connectivity index (χ3v) is 2.30. The quantitative estimate of drug-likeness (QED) is 0.679. The van der Waals surface area contributed by atoms with Crippen molar-refractivity contribution < 1.29 is 10.0 Å². The number of hydrogen-bond donors (Lipinski definition) is 1. The third kappa shape index (κ3) is 5.27. The van der Waals surface area contributed by atoms with Crippen LogP contribution in [0.3, 0.4) is 0 Å². The number of aliphatic hydroxyl groups excluding tert-OH is 1. The highest BCUT2D eigenvalue weighted by atomic mass is 16.6.